The minimum atomic E-state index is -4.64. The monoisotopic (exact) mass is 353 g/mol. The molecule has 0 atom stereocenters. The van der Waals surface area contributed by atoms with E-state index in [2.05, 4.69) is 15.6 Å². The van der Waals surface area contributed by atoms with Crippen molar-refractivity contribution in [1.29, 1.82) is 0 Å². The highest BCUT2D eigenvalue weighted by molar-refractivity contribution is 5.95. The summed E-state index contributed by atoms with van der Waals surface area (Å²) in [6.45, 7) is 1.86. The minimum Gasteiger partial charge on any atom is -0.326 e. The molecule has 2 aromatic rings. The number of fused-ring (bicyclic) bond motifs is 1. The summed E-state index contributed by atoms with van der Waals surface area (Å²) in [6.07, 6.45) is -2.09. The molecule has 1 aliphatic heterocycles. The second kappa shape index (κ2) is 8.57. The van der Waals surface area contributed by atoms with E-state index in [-0.39, 0.29) is 11.8 Å². The number of benzene rings is 1. The van der Waals surface area contributed by atoms with Crippen LogP contribution in [0.25, 0.3) is 10.9 Å². The Bertz CT molecular complexity index is 728. The summed E-state index contributed by atoms with van der Waals surface area (Å²) in [7, 11) is 0. The number of aromatic nitrogens is 1. The van der Waals surface area contributed by atoms with Gasteiger partial charge in [-0.05, 0) is 50.2 Å². The number of nitrogens with one attached hydrogen (secondary N) is 2. The van der Waals surface area contributed by atoms with E-state index in [1.54, 1.807) is 6.20 Å². The Morgan fingerprint density at radius 1 is 1.24 bits per heavy atom. The normalized spacial score (nSPS) is 15.2. The molecule has 2 heterocycles. The van der Waals surface area contributed by atoms with Gasteiger partial charge in [0.05, 0.1) is 5.52 Å². The molecular formula is C17H18F3N3O2. The fourth-order valence-electron chi connectivity index (χ4n) is 2.48. The van der Waals surface area contributed by atoms with Crippen molar-refractivity contribution in [3.8, 4) is 0 Å². The topological polar surface area (TPSA) is 71.1 Å². The Morgan fingerprint density at radius 3 is 2.56 bits per heavy atom. The second-order valence-electron chi connectivity index (χ2n) is 5.58. The number of carbonyl (C=O) groups is 2. The largest absolute Gasteiger partial charge is 0.446 e. The first-order valence-corrected chi connectivity index (χ1v) is 7.78. The predicted molar refractivity (Wildman–Crippen MR) is 88.1 cm³/mol. The zero-order valence-electron chi connectivity index (χ0n) is 13.3. The van der Waals surface area contributed by atoms with E-state index in [0.717, 1.165) is 42.5 Å². The third-order valence-electron chi connectivity index (χ3n) is 3.71. The zero-order valence-corrected chi connectivity index (χ0v) is 13.3. The summed E-state index contributed by atoms with van der Waals surface area (Å²) >= 11 is 0. The molecule has 1 aromatic carbocycles. The van der Waals surface area contributed by atoms with Gasteiger partial charge >= 0.3 is 6.18 Å². The molecule has 5 nitrogen and oxygen atoms in total. The number of rotatable bonds is 2. The third kappa shape index (κ3) is 6.15. The Morgan fingerprint density at radius 2 is 1.92 bits per heavy atom. The Labute approximate surface area is 142 Å². The van der Waals surface area contributed by atoms with Crippen molar-refractivity contribution in [3.05, 3.63) is 36.5 Å². The molecule has 25 heavy (non-hydrogen) atoms. The summed E-state index contributed by atoms with van der Waals surface area (Å²) in [5.41, 5.74) is 1.80. The molecular weight excluding hydrogens is 335 g/mol. The average molecular weight is 353 g/mol. The van der Waals surface area contributed by atoms with Gasteiger partial charge in [0.15, 0.2) is 0 Å². The van der Waals surface area contributed by atoms with E-state index in [9.17, 15) is 18.0 Å². The first-order chi connectivity index (χ1) is 11.9. The standard InChI is InChI=1S/C15H17N3O.C2HF3O/c19-15(11-5-8-16-9-6-11)18-13-3-4-14-12(10-13)2-1-7-17-14;3-2(4,5)1-6/h1-4,7,10-11,16H,5-6,8-9H2,(H,18,19);1H. The van der Waals surface area contributed by atoms with Crippen molar-refractivity contribution in [1.82, 2.24) is 10.3 Å². The van der Waals surface area contributed by atoms with Crippen molar-refractivity contribution in [2.45, 2.75) is 19.0 Å². The highest BCUT2D eigenvalue weighted by Crippen LogP contribution is 2.19. The van der Waals surface area contributed by atoms with Crippen LogP contribution >= 0.6 is 0 Å². The number of amides is 1. The molecule has 0 unspecified atom stereocenters. The fourth-order valence-corrected chi connectivity index (χ4v) is 2.48. The van der Waals surface area contributed by atoms with Crippen molar-refractivity contribution in [3.63, 3.8) is 0 Å². The van der Waals surface area contributed by atoms with Crippen LogP contribution in [0.1, 0.15) is 12.8 Å². The van der Waals surface area contributed by atoms with E-state index >= 15 is 0 Å². The lowest BCUT2D eigenvalue weighted by Gasteiger charge is -2.21. The molecule has 0 saturated carbocycles. The van der Waals surface area contributed by atoms with Crippen LogP contribution in [-0.4, -0.2) is 36.4 Å². The maximum Gasteiger partial charge on any atom is 0.446 e. The van der Waals surface area contributed by atoms with Gasteiger partial charge in [-0.15, -0.1) is 0 Å². The van der Waals surface area contributed by atoms with Gasteiger partial charge < -0.3 is 10.6 Å². The molecule has 0 spiro atoms. The average Bonchev–Trinajstić information content (AvgIpc) is 2.62. The first-order valence-electron chi connectivity index (χ1n) is 7.78. The lowest BCUT2D eigenvalue weighted by atomic mass is 9.97. The SMILES string of the molecule is O=C(Nc1ccc2ncccc2c1)C1CCNCC1.O=CC(F)(F)F. The quantitative estimate of drug-likeness (QED) is 0.815. The number of carbonyl (C=O) groups excluding carboxylic acids is 2. The van der Waals surface area contributed by atoms with E-state index in [1.807, 2.05) is 30.3 Å². The Kier molecular flexibility index (Phi) is 6.46. The summed E-state index contributed by atoms with van der Waals surface area (Å²) in [4.78, 5) is 25.1. The molecule has 1 saturated heterocycles. The van der Waals surface area contributed by atoms with Gasteiger partial charge in [-0.1, -0.05) is 6.07 Å². The van der Waals surface area contributed by atoms with Crippen LogP contribution in [0.4, 0.5) is 18.9 Å². The number of halogens is 3. The van der Waals surface area contributed by atoms with Crippen LogP contribution in [0.2, 0.25) is 0 Å². The van der Waals surface area contributed by atoms with Crippen LogP contribution in [0.3, 0.4) is 0 Å². The molecule has 0 aliphatic carbocycles. The van der Waals surface area contributed by atoms with E-state index < -0.39 is 12.5 Å². The molecule has 134 valence electrons. The van der Waals surface area contributed by atoms with Gasteiger partial charge in [0, 0.05) is 23.2 Å². The van der Waals surface area contributed by atoms with Gasteiger partial charge in [0.25, 0.3) is 0 Å². The van der Waals surface area contributed by atoms with Crippen LogP contribution in [0, 0.1) is 5.92 Å². The second-order valence-corrected chi connectivity index (χ2v) is 5.58. The number of anilines is 1. The number of alkyl halides is 3. The lowest BCUT2D eigenvalue weighted by molar-refractivity contribution is -0.156. The smallest absolute Gasteiger partial charge is 0.326 e. The fraction of sp³-hybridized carbons (Fsp3) is 0.353. The highest BCUT2D eigenvalue weighted by atomic mass is 19.4. The molecule has 1 aliphatic rings. The van der Waals surface area contributed by atoms with Gasteiger partial charge in [0.1, 0.15) is 0 Å². The van der Waals surface area contributed by atoms with Crippen molar-refractivity contribution in [2.24, 2.45) is 5.92 Å². The maximum absolute atomic E-state index is 12.1. The molecule has 3 rings (SSSR count). The summed E-state index contributed by atoms with van der Waals surface area (Å²) in [5.74, 6) is 0.260. The highest BCUT2D eigenvalue weighted by Gasteiger charge is 2.25. The summed E-state index contributed by atoms with van der Waals surface area (Å²) < 4.78 is 31.2. The van der Waals surface area contributed by atoms with Crippen molar-refractivity contribution in [2.75, 3.05) is 18.4 Å². The molecule has 0 radical (unpaired) electrons. The first kappa shape index (κ1) is 18.9. The molecule has 1 fully saturated rings. The van der Waals surface area contributed by atoms with Crippen LogP contribution in [-0.2, 0) is 9.59 Å². The predicted octanol–water partition coefficient (Wildman–Crippen LogP) is 2.92. The van der Waals surface area contributed by atoms with Crippen molar-refractivity contribution >= 4 is 28.8 Å². The van der Waals surface area contributed by atoms with E-state index in [4.69, 9.17) is 4.79 Å². The number of hydrogen-bond donors (Lipinski definition) is 2. The van der Waals surface area contributed by atoms with E-state index in [1.165, 1.54) is 0 Å². The maximum atomic E-state index is 12.1. The number of pyridine rings is 1. The molecule has 1 amide bonds. The van der Waals surface area contributed by atoms with Gasteiger partial charge in [-0.2, -0.15) is 13.2 Å². The van der Waals surface area contributed by atoms with Crippen LogP contribution in [0.15, 0.2) is 36.5 Å². The van der Waals surface area contributed by atoms with Gasteiger partial charge in [0.2, 0.25) is 12.2 Å². The molecule has 2 N–H and O–H groups in total. The molecule has 0 bridgehead atoms. The van der Waals surface area contributed by atoms with Gasteiger partial charge in [-0.3, -0.25) is 14.6 Å². The Balaban J connectivity index is 0.000000326. The van der Waals surface area contributed by atoms with Crippen LogP contribution < -0.4 is 10.6 Å². The minimum absolute atomic E-state index is 0.129. The van der Waals surface area contributed by atoms with E-state index in [0.29, 0.717) is 0 Å². The Hall–Kier alpha value is -2.48. The lowest BCUT2D eigenvalue weighted by Crippen LogP contribution is -2.34. The molecule has 1 aromatic heterocycles. The third-order valence-corrected chi connectivity index (χ3v) is 3.71. The summed E-state index contributed by atoms with van der Waals surface area (Å²) in [6, 6.07) is 9.73. The van der Waals surface area contributed by atoms with Crippen LogP contribution in [0.5, 0.6) is 0 Å². The number of hydrogen-bond acceptors (Lipinski definition) is 4. The number of aldehydes is 1. The summed E-state index contributed by atoms with van der Waals surface area (Å²) in [5, 5.41) is 7.33. The van der Waals surface area contributed by atoms with Crippen molar-refractivity contribution < 1.29 is 22.8 Å². The zero-order chi connectivity index (χ0) is 18.3. The van der Waals surface area contributed by atoms with Gasteiger partial charge in [-0.25, -0.2) is 0 Å². The number of nitrogens with zero attached hydrogens (tertiary/aromatic N) is 1. The molecule has 8 heteroatoms. The number of piperidine rings is 1.